The Morgan fingerprint density at radius 1 is 1.12 bits per heavy atom. The van der Waals surface area contributed by atoms with Gasteiger partial charge in [-0.2, -0.15) is 0 Å². The van der Waals surface area contributed by atoms with Gasteiger partial charge in [0.2, 0.25) is 0 Å². The zero-order chi connectivity index (χ0) is 12.0. The van der Waals surface area contributed by atoms with Crippen LogP contribution < -0.4 is 4.74 Å². The zero-order valence-electron chi connectivity index (χ0n) is 10.5. The third-order valence-electron chi connectivity index (χ3n) is 2.66. The first kappa shape index (κ1) is 13.0. The number of benzene rings is 1. The maximum absolute atomic E-state index is 9.57. The van der Waals surface area contributed by atoms with Crippen molar-refractivity contribution in [2.75, 3.05) is 7.11 Å². The monoisotopic (exact) mass is 222 g/mol. The highest BCUT2D eigenvalue weighted by Crippen LogP contribution is 2.16. The number of aryl methyl sites for hydroxylation is 1. The molecule has 1 aromatic rings. The molecule has 0 bridgehead atoms. The summed E-state index contributed by atoms with van der Waals surface area (Å²) in [5, 5.41) is 9.57. The Hall–Kier alpha value is -1.02. The van der Waals surface area contributed by atoms with E-state index in [-0.39, 0.29) is 0 Å². The lowest BCUT2D eigenvalue weighted by molar-refractivity contribution is 0.0682. The van der Waals surface area contributed by atoms with Crippen molar-refractivity contribution >= 4 is 0 Å². The van der Waals surface area contributed by atoms with E-state index in [9.17, 15) is 5.11 Å². The summed E-state index contributed by atoms with van der Waals surface area (Å²) < 4.78 is 5.11. The number of ether oxygens (including phenoxy) is 1. The first-order chi connectivity index (χ1) is 7.51. The molecule has 0 amide bonds. The molecule has 0 aliphatic carbocycles. The van der Waals surface area contributed by atoms with Gasteiger partial charge >= 0.3 is 0 Å². The van der Waals surface area contributed by atoms with E-state index < -0.39 is 5.60 Å². The molecule has 1 N–H and O–H groups in total. The highest BCUT2D eigenvalue weighted by molar-refractivity contribution is 5.27. The van der Waals surface area contributed by atoms with Crippen LogP contribution in [-0.4, -0.2) is 17.8 Å². The van der Waals surface area contributed by atoms with E-state index in [0.717, 1.165) is 31.4 Å². The number of hydrogen-bond acceptors (Lipinski definition) is 2. The van der Waals surface area contributed by atoms with Crippen LogP contribution in [0.3, 0.4) is 0 Å². The maximum Gasteiger partial charge on any atom is 0.118 e. The number of unbranched alkanes of at least 4 members (excludes halogenated alkanes) is 1. The number of hydrogen-bond donors (Lipinski definition) is 1. The molecule has 90 valence electrons. The second-order valence-electron chi connectivity index (χ2n) is 4.87. The number of aliphatic hydroxyl groups is 1. The summed E-state index contributed by atoms with van der Waals surface area (Å²) in [7, 11) is 1.68. The average Bonchev–Trinajstić information content (AvgIpc) is 2.24. The van der Waals surface area contributed by atoms with Crippen molar-refractivity contribution in [1.29, 1.82) is 0 Å². The van der Waals surface area contributed by atoms with Gasteiger partial charge in [-0.05, 0) is 50.8 Å². The molecular weight excluding hydrogens is 200 g/mol. The molecule has 0 spiro atoms. The van der Waals surface area contributed by atoms with Gasteiger partial charge in [0.1, 0.15) is 5.75 Å². The lowest BCUT2D eigenvalue weighted by Gasteiger charge is -2.16. The van der Waals surface area contributed by atoms with Gasteiger partial charge in [-0.3, -0.25) is 0 Å². The quantitative estimate of drug-likeness (QED) is 0.749. The Morgan fingerprint density at radius 3 is 2.25 bits per heavy atom. The van der Waals surface area contributed by atoms with Gasteiger partial charge in [-0.25, -0.2) is 0 Å². The van der Waals surface area contributed by atoms with Crippen LogP contribution in [0.2, 0.25) is 0 Å². The van der Waals surface area contributed by atoms with Crippen molar-refractivity contribution < 1.29 is 9.84 Å². The normalized spacial score (nSPS) is 11.5. The van der Waals surface area contributed by atoms with Crippen LogP contribution in [0.1, 0.15) is 38.7 Å². The summed E-state index contributed by atoms with van der Waals surface area (Å²) >= 11 is 0. The van der Waals surface area contributed by atoms with Crippen LogP contribution in [0.4, 0.5) is 0 Å². The first-order valence-corrected chi connectivity index (χ1v) is 5.86. The topological polar surface area (TPSA) is 29.5 Å². The zero-order valence-corrected chi connectivity index (χ0v) is 10.5. The predicted molar refractivity (Wildman–Crippen MR) is 66.8 cm³/mol. The van der Waals surface area contributed by atoms with Crippen LogP contribution in [-0.2, 0) is 6.42 Å². The van der Waals surface area contributed by atoms with E-state index in [4.69, 9.17) is 4.74 Å². The summed E-state index contributed by atoms with van der Waals surface area (Å²) in [6, 6.07) is 8.18. The number of methoxy groups -OCH3 is 1. The van der Waals surface area contributed by atoms with Crippen LogP contribution in [0, 0.1) is 0 Å². The molecule has 2 nitrogen and oxygen atoms in total. The van der Waals surface area contributed by atoms with Gasteiger partial charge in [-0.1, -0.05) is 18.6 Å². The van der Waals surface area contributed by atoms with E-state index in [0.29, 0.717) is 0 Å². The Labute approximate surface area is 98.3 Å². The van der Waals surface area contributed by atoms with E-state index in [2.05, 4.69) is 12.1 Å². The Kier molecular flexibility index (Phi) is 4.81. The highest BCUT2D eigenvalue weighted by atomic mass is 16.5. The molecule has 1 aromatic carbocycles. The molecule has 0 saturated heterocycles. The third-order valence-corrected chi connectivity index (χ3v) is 2.66. The van der Waals surface area contributed by atoms with E-state index in [1.807, 2.05) is 26.0 Å². The highest BCUT2D eigenvalue weighted by Gasteiger charge is 2.10. The van der Waals surface area contributed by atoms with E-state index >= 15 is 0 Å². The molecule has 0 fully saturated rings. The molecule has 0 atom stereocenters. The van der Waals surface area contributed by atoms with Crippen molar-refractivity contribution in [3.05, 3.63) is 29.8 Å². The minimum Gasteiger partial charge on any atom is -0.497 e. The SMILES string of the molecule is COc1ccc(CCCCC(C)(C)O)cc1. The molecule has 0 unspecified atom stereocenters. The minimum atomic E-state index is -0.528. The maximum atomic E-state index is 9.57. The van der Waals surface area contributed by atoms with Crippen LogP contribution in [0.15, 0.2) is 24.3 Å². The third kappa shape index (κ3) is 5.17. The molecule has 0 aliphatic rings. The summed E-state index contributed by atoms with van der Waals surface area (Å²) in [5.74, 6) is 0.903. The molecule has 0 saturated carbocycles. The Morgan fingerprint density at radius 2 is 1.75 bits per heavy atom. The minimum absolute atomic E-state index is 0.528. The van der Waals surface area contributed by atoms with Crippen LogP contribution in [0.25, 0.3) is 0 Å². The first-order valence-electron chi connectivity index (χ1n) is 5.86. The lowest BCUT2D eigenvalue weighted by Crippen LogP contribution is -2.17. The second-order valence-corrected chi connectivity index (χ2v) is 4.87. The molecular formula is C14H22O2. The standard InChI is InChI=1S/C14H22O2/c1-14(2,15)11-5-4-6-12-7-9-13(16-3)10-8-12/h7-10,15H,4-6,11H2,1-3H3. The molecule has 0 aliphatic heterocycles. The summed E-state index contributed by atoms with van der Waals surface area (Å²) in [4.78, 5) is 0. The van der Waals surface area contributed by atoms with Crippen molar-refractivity contribution in [2.45, 2.75) is 45.1 Å². The second kappa shape index (κ2) is 5.90. The van der Waals surface area contributed by atoms with Gasteiger partial charge in [0.15, 0.2) is 0 Å². The fourth-order valence-corrected chi connectivity index (χ4v) is 1.68. The molecule has 1 rings (SSSR count). The smallest absolute Gasteiger partial charge is 0.118 e. The molecule has 16 heavy (non-hydrogen) atoms. The van der Waals surface area contributed by atoms with Gasteiger partial charge in [0, 0.05) is 0 Å². The van der Waals surface area contributed by atoms with Crippen molar-refractivity contribution in [1.82, 2.24) is 0 Å². The van der Waals surface area contributed by atoms with Crippen LogP contribution in [0.5, 0.6) is 5.75 Å². The largest absolute Gasteiger partial charge is 0.497 e. The fraction of sp³-hybridized carbons (Fsp3) is 0.571. The van der Waals surface area contributed by atoms with Crippen molar-refractivity contribution in [3.63, 3.8) is 0 Å². The Bertz CT molecular complexity index is 296. The predicted octanol–water partition coefficient (Wildman–Crippen LogP) is 3.18. The van der Waals surface area contributed by atoms with Crippen molar-refractivity contribution in [2.24, 2.45) is 0 Å². The molecule has 0 radical (unpaired) electrons. The van der Waals surface area contributed by atoms with Crippen molar-refractivity contribution in [3.8, 4) is 5.75 Å². The Balaban J connectivity index is 2.27. The average molecular weight is 222 g/mol. The molecule has 2 heteroatoms. The van der Waals surface area contributed by atoms with Crippen LogP contribution >= 0.6 is 0 Å². The summed E-state index contributed by atoms with van der Waals surface area (Å²) in [6.07, 6.45) is 4.12. The van der Waals surface area contributed by atoms with E-state index in [1.165, 1.54) is 5.56 Å². The van der Waals surface area contributed by atoms with E-state index in [1.54, 1.807) is 7.11 Å². The summed E-state index contributed by atoms with van der Waals surface area (Å²) in [5.41, 5.74) is 0.802. The van der Waals surface area contributed by atoms with Gasteiger partial charge < -0.3 is 9.84 Å². The molecule has 0 aromatic heterocycles. The van der Waals surface area contributed by atoms with Gasteiger partial charge in [0.25, 0.3) is 0 Å². The van der Waals surface area contributed by atoms with Gasteiger partial charge in [0.05, 0.1) is 12.7 Å². The number of rotatable bonds is 6. The summed E-state index contributed by atoms with van der Waals surface area (Å²) in [6.45, 7) is 3.72. The lowest BCUT2D eigenvalue weighted by atomic mass is 9.99. The van der Waals surface area contributed by atoms with Gasteiger partial charge in [-0.15, -0.1) is 0 Å². The molecule has 0 heterocycles. The fourth-order valence-electron chi connectivity index (χ4n) is 1.68.